The number of nitriles is 1. The predicted octanol–water partition coefficient (Wildman–Crippen LogP) is 4.71. The van der Waals surface area contributed by atoms with Crippen molar-refractivity contribution in [3.05, 3.63) is 0 Å². The van der Waals surface area contributed by atoms with E-state index in [1.807, 2.05) is 4.90 Å². The van der Waals surface area contributed by atoms with Crippen LogP contribution in [0, 0.1) is 11.5 Å². The SMILES string of the molecule is CCCCCCCN(C#N)CCCCCCC. The second kappa shape index (κ2) is 13.4. The highest BCUT2D eigenvalue weighted by Crippen LogP contribution is 2.06. The zero-order chi connectivity index (χ0) is 12.8. The van der Waals surface area contributed by atoms with Gasteiger partial charge in [-0.15, -0.1) is 0 Å². The second-order valence-electron chi connectivity index (χ2n) is 4.92. The number of hydrogen-bond acceptors (Lipinski definition) is 2. The Morgan fingerprint density at radius 3 is 1.47 bits per heavy atom. The second-order valence-corrected chi connectivity index (χ2v) is 4.92. The number of rotatable bonds is 12. The van der Waals surface area contributed by atoms with E-state index < -0.39 is 0 Å². The van der Waals surface area contributed by atoms with Crippen LogP contribution in [0.3, 0.4) is 0 Å². The highest BCUT2D eigenvalue weighted by molar-refractivity contribution is 4.73. The van der Waals surface area contributed by atoms with E-state index in [4.69, 9.17) is 5.26 Å². The van der Waals surface area contributed by atoms with Crippen molar-refractivity contribution in [3.63, 3.8) is 0 Å². The van der Waals surface area contributed by atoms with Gasteiger partial charge in [-0.25, -0.2) is 0 Å². The molecule has 0 unspecified atom stereocenters. The number of unbranched alkanes of at least 4 members (excludes halogenated alkanes) is 8. The topological polar surface area (TPSA) is 27.0 Å². The minimum atomic E-state index is 0.966. The molecule has 0 aliphatic heterocycles. The number of nitrogens with zero attached hydrogens (tertiary/aromatic N) is 2. The van der Waals surface area contributed by atoms with E-state index in [1.54, 1.807) is 0 Å². The molecule has 0 bridgehead atoms. The zero-order valence-corrected chi connectivity index (χ0v) is 11.9. The molecule has 0 aliphatic rings. The van der Waals surface area contributed by atoms with Crippen LogP contribution in [0.15, 0.2) is 0 Å². The first-order valence-corrected chi connectivity index (χ1v) is 7.49. The fourth-order valence-corrected chi connectivity index (χ4v) is 2.02. The van der Waals surface area contributed by atoms with Gasteiger partial charge in [0.2, 0.25) is 0 Å². The van der Waals surface area contributed by atoms with Gasteiger partial charge in [-0.1, -0.05) is 65.2 Å². The van der Waals surface area contributed by atoms with Gasteiger partial charge in [-0.05, 0) is 12.8 Å². The van der Waals surface area contributed by atoms with Crippen molar-refractivity contribution in [1.82, 2.24) is 4.90 Å². The Balaban J connectivity index is 3.34. The lowest BCUT2D eigenvalue weighted by Gasteiger charge is -2.15. The fourth-order valence-electron chi connectivity index (χ4n) is 2.02. The van der Waals surface area contributed by atoms with Gasteiger partial charge in [0.25, 0.3) is 0 Å². The van der Waals surface area contributed by atoms with Crippen LogP contribution in [0.1, 0.15) is 78.1 Å². The molecule has 17 heavy (non-hydrogen) atoms. The Morgan fingerprint density at radius 1 is 0.706 bits per heavy atom. The lowest BCUT2D eigenvalue weighted by molar-refractivity contribution is 0.363. The van der Waals surface area contributed by atoms with Crippen molar-refractivity contribution < 1.29 is 0 Å². The van der Waals surface area contributed by atoms with E-state index in [2.05, 4.69) is 20.0 Å². The molecule has 0 amide bonds. The predicted molar refractivity (Wildman–Crippen MR) is 74.7 cm³/mol. The lowest BCUT2D eigenvalue weighted by atomic mass is 10.1. The Morgan fingerprint density at radius 2 is 1.12 bits per heavy atom. The van der Waals surface area contributed by atoms with Crippen LogP contribution >= 0.6 is 0 Å². The van der Waals surface area contributed by atoms with E-state index >= 15 is 0 Å². The third-order valence-electron chi connectivity index (χ3n) is 3.20. The van der Waals surface area contributed by atoms with Crippen LogP contribution in [-0.2, 0) is 0 Å². The molecule has 0 aromatic carbocycles. The maximum Gasteiger partial charge on any atom is 0.179 e. The summed E-state index contributed by atoms with van der Waals surface area (Å²) in [5.41, 5.74) is 0. The maximum absolute atomic E-state index is 9.01. The van der Waals surface area contributed by atoms with Crippen LogP contribution in [0.2, 0.25) is 0 Å². The fraction of sp³-hybridized carbons (Fsp3) is 0.933. The van der Waals surface area contributed by atoms with Crippen molar-refractivity contribution in [2.24, 2.45) is 0 Å². The molecule has 0 aromatic heterocycles. The van der Waals surface area contributed by atoms with E-state index in [0.717, 1.165) is 13.1 Å². The van der Waals surface area contributed by atoms with E-state index in [9.17, 15) is 0 Å². The summed E-state index contributed by atoms with van der Waals surface area (Å²) in [5.74, 6) is 0. The van der Waals surface area contributed by atoms with Crippen molar-refractivity contribution in [2.75, 3.05) is 13.1 Å². The molecule has 0 fully saturated rings. The van der Waals surface area contributed by atoms with Crippen molar-refractivity contribution in [2.45, 2.75) is 78.1 Å². The molecule has 0 saturated heterocycles. The Hall–Kier alpha value is -0.710. The minimum Gasteiger partial charge on any atom is -0.311 e. The standard InChI is InChI=1S/C15H30N2/c1-3-5-7-9-11-13-17(15-16)14-12-10-8-6-4-2/h3-14H2,1-2H3. The summed E-state index contributed by atoms with van der Waals surface area (Å²) in [6.45, 7) is 6.40. The van der Waals surface area contributed by atoms with Crippen molar-refractivity contribution in [1.29, 1.82) is 5.26 Å². The maximum atomic E-state index is 9.01. The zero-order valence-electron chi connectivity index (χ0n) is 11.9. The van der Waals surface area contributed by atoms with Crippen LogP contribution < -0.4 is 0 Å². The molecule has 0 spiro atoms. The Kier molecular flexibility index (Phi) is 12.8. The average molecular weight is 238 g/mol. The van der Waals surface area contributed by atoms with Gasteiger partial charge in [-0.3, -0.25) is 0 Å². The third kappa shape index (κ3) is 11.6. The third-order valence-corrected chi connectivity index (χ3v) is 3.20. The van der Waals surface area contributed by atoms with Gasteiger partial charge in [0.1, 0.15) is 0 Å². The largest absolute Gasteiger partial charge is 0.311 e. The molecular weight excluding hydrogens is 208 g/mol. The van der Waals surface area contributed by atoms with Crippen LogP contribution in [0.25, 0.3) is 0 Å². The van der Waals surface area contributed by atoms with E-state index in [0.29, 0.717) is 0 Å². The van der Waals surface area contributed by atoms with Gasteiger partial charge in [0.15, 0.2) is 6.19 Å². The van der Waals surface area contributed by atoms with Gasteiger partial charge in [0, 0.05) is 13.1 Å². The first-order valence-electron chi connectivity index (χ1n) is 7.49. The molecule has 0 saturated carbocycles. The van der Waals surface area contributed by atoms with Crippen LogP contribution in [0.5, 0.6) is 0 Å². The molecule has 0 N–H and O–H groups in total. The highest BCUT2D eigenvalue weighted by Gasteiger charge is 2.00. The van der Waals surface area contributed by atoms with Crippen molar-refractivity contribution in [3.8, 4) is 6.19 Å². The molecule has 0 radical (unpaired) electrons. The summed E-state index contributed by atoms with van der Waals surface area (Å²) in [6.07, 6.45) is 15.1. The molecule has 0 aliphatic carbocycles. The molecule has 2 heteroatoms. The monoisotopic (exact) mass is 238 g/mol. The summed E-state index contributed by atoms with van der Waals surface area (Å²) in [5, 5.41) is 9.01. The first kappa shape index (κ1) is 16.3. The molecular formula is C15H30N2. The summed E-state index contributed by atoms with van der Waals surface area (Å²) < 4.78 is 0. The average Bonchev–Trinajstić information content (AvgIpc) is 2.36. The molecule has 0 aromatic rings. The molecule has 0 atom stereocenters. The van der Waals surface area contributed by atoms with E-state index in [1.165, 1.54) is 64.2 Å². The van der Waals surface area contributed by atoms with Gasteiger partial charge in [-0.2, -0.15) is 5.26 Å². The smallest absolute Gasteiger partial charge is 0.179 e. The minimum absolute atomic E-state index is 0.966. The molecule has 100 valence electrons. The molecule has 2 nitrogen and oxygen atoms in total. The molecule has 0 rings (SSSR count). The van der Waals surface area contributed by atoms with E-state index in [-0.39, 0.29) is 0 Å². The summed E-state index contributed by atoms with van der Waals surface area (Å²) >= 11 is 0. The van der Waals surface area contributed by atoms with Gasteiger partial charge < -0.3 is 4.90 Å². The first-order chi connectivity index (χ1) is 8.35. The summed E-state index contributed by atoms with van der Waals surface area (Å²) in [4.78, 5) is 1.94. The summed E-state index contributed by atoms with van der Waals surface area (Å²) in [6, 6.07) is 0. The normalized spacial score (nSPS) is 10.2. The van der Waals surface area contributed by atoms with Gasteiger partial charge >= 0.3 is 0 Å². The number of hydrogen-bond donors (Lipinski definition) is 0. The molecule has 0 heterocycles. The summed E-state index contributed by atoms with van der Waals surface area (Å²) in [7, 11) is 0. The lowest BCUT2D eigenvalue weighted by Crippen LogP contribution is -2.20. The highest BCUT2D eigenvalue weighted by atomic mass is 15.1. The van der Waals surface area contributed by atoms with Crippen molar-refractivity contribution >= 4 is 0 Å². The Bertz CT molecular complexity index is 170. The van der Waals surface area contributed by atoms with Crippen LogP contribution in [-0.4, -0.2) is 18.0 Å². The Labute approximate surface area is 108 Å². The van der Waals surface area contributed by atoms with Gasteiger partial charge in [0.05, 0.1) is 0 Å². The quantitative estimate of drug-likeness (QED) is 0.280. The van der Waals surface area contributed by atoms with Crippen LogP contribution in [0.4, 0.5) is 0 Å².